The van der Waals surface area contributed by atoms with Crippen LogP contribution >= 0.6 is 11.5 Å². The van der Waals surface area contributed by atoms with Crippen LogP contribution in [0.25, 0.3) is 10.1 Å². The molecule has 1 amide bonds. The second-order valence-corrected chi connectivity index (χ2v) is 8.47. The fraction of sp³-hybridized carbons (Fsp3) is 0.579. The molecule has 1 aromatic carbocycles. The van der Waals surface area contributed by atoms with Crippen molar-refractivity contribution >= 4 is 33.2 Å². The summed E-state index contributed by atoms with van der Waals surface area (Å²) in [5.41, 5.74) is 1.82. The third-order valence-corrected chi connectivity index (χ3v) is 6.93. The van der Waals surface area contributed by atoms with E-state index in [0.29, 0.717) is 11.6 Å². The number of nitrogens with one attached hydrogen (secondary N) is 2. The van der Waals surface area contributed by atoms with Crippen LogP contribution in [0.3, 0.4) is 0 Å². The van der Waals surface area contributed by atoms with Crippen LogP contribution in [-0.4, -0.2) is 67.0 Å². The molecule has 5 heterocycles. The van der Waals surface area contributed by atoms with E-state index in [1.54, 1.807) is 0 Å². The van der Waals surface area contributed by atoms with E-state index in [1.165, 1.54) is 43.2 Å². The minimum Gasteiger partial charge on any atom is -0.369 e. The Hall–Kier alpha value is -1.70. The number of hydrogen-bond donors (Lipinski definition) is 2. The maximum Gasteiger partial charge on any atom is 0.271 e. The van der Waals surface area contributed by atoms with Crippen LogP contribution in [0.2, 0.25) is 0 Å². The normalized spacial score (nSPS) is 28.5. The molecule has 6 nitrogen and oxygen atoms in total. The Morgan fingerprint density at radius 1 is 1.19 bits per heavy atom. The lowest BCUT2D eigenvalue weighted by Gasteiger charge is -2.44. The fourth-order valence-corrected chi connectivity index (χ4v) is 5.38. The molecule has 1 aromatic heterocycles. The minimum absolute atomic E-state index is 0.00933. The van der Waals surface area contributed by atoms with Crippen molar-refractivity contribution < 1.29 is 4.79 Å². The molecular weight excluding hydrogens is 346 g/mol. The Morgan fingerprint density at radius 3 is 2.73 bits per heavy atom. The van der Waals surface area contributed by atoms with Gasteiger partial charge in [0.15, 0.2) is 0 Å². The van der Waals surface area contributed by atoms with E-state index in [1.807, 2.05) is 0 Å². The van der Waals surface area contributed by atoms with Gasteiger partial charge in [-0.25, -0.2) is 0 Å². The fourth-order valence-electron chi connectivity index (χ4n) is 4.58. The van der Waals surface area contributed by atoms with Crippen LogP contribution in [0.4, 0.5) is 5.69 Å². The average molecular weight is 372 g/mol. The molecule has 0 aliphatic carbocycles. The molecule has 0 spiro atoms. The minimum atomic E-state index is -0.00933. The number of piperidine rings is 3. The van der Waals surface area contributed by atoms with Gasteiger partial charge in [0.05, 0.1) is 4.70 Å². The lowest BCUT2D eigenvalue weighted by Crippen LogP contribution is -2.57. The van der Waals surface area contributed by atoms with Crippen molar-refractivity contribution in [2.75, 3.05) is 50.7 Å². The summed E-state index contributed by atoms with van der Waals surface area (Å²) in [6.07, 6.45) is 2.41. The van der Waals surface area contributed by atoms with E-state index in [-0.39, 0.29) is 11.9 Å². The van der Waals surface area contributed by atoms with E-state index in [4.69, 9.17) is 0 Å². The number of hydrogen-bond acceptors (Lipinski definition) is 6. The van der Waals surface area contributed by atoms with Crippen molar-refractivity contribution in [3.63, 3.8) is 0 Å². The highest BCUT2D eigenvalue weighted by atomic mass is 32.1. The van der Waals surface area contributed by atoms with Crippen molar-refractivity contribution in [2.24, 2.45) is 5.92 Å². The van der Waals surface area contributed by atoms with Gasteiger partial charge in [0.1, 0.15) is 5.69 Å². The first-order valence-electron chi connectivity index (χ1n) is 9.66. The van der Waals surface area contributed by atoms with Crippen LogP contribution < -0.4 is 15.5 Å². The number of fused-ring (bicyclic) bond motifs is 4. The highest BCUT2D eigenvalue weighted by molar-refractivity contribution is 7.13. The summed E-state index contributed by atoms with van der Waals surface area (Å²) in [5, 5.41) is 7.63. The molecule has 2 bridgehead atoms. The lowest BCUT2D eigenvalue weighted by molar-refractivity contribution is 0.0619. The quantitative estimate of drug-likeness (QED) is 0.857. The Kier molecular flexibility index (Phi) is 4.30. The lowest BCUT2D eigenvalue weighted by atomic mass is 9.84. The molecule has 138 valence electrons. The third-order valence-electron chi connectivity index (χ3n) is 6.13. The molecule has 4 aliphatic rings. The number of aromatic nitrogens is 1. The summed E-state index contributed by atoms with van der Waals surface area (Å²) in [6, 6.07) is 6.67. The number of piperazine rings is 1. The number of rotatable bonds is 3. The predicted molar refractivity (Wildman–Crippen MR) is 105 cm³/mol. The van der Waals surface area contributed by atoms with Gasteiger partial charge in [0, 0.05) is 49.8 Å². The number of anilines is 1. The Morgan fingerprint density at radius 2 is 2.00 bits per heavy atom. The zero-order chi connectivity index (χ0) is 17.5. The molecule has 2 N–H and O–H groups in total. The van der Waals surface area contributed by atoms with Gasteiger partial charge in [-0.05, 0) is 61.6 Å². The Bertz CT molecular complexity index is 807. The summed E-state index contributed by atoms with van der Waals surface area (Å²) >= 11 is 1.43. The van der Waals surface area contributed by atoms with E-state index in [0.717, 1.165) is 42.8 Å². The molecule has 1 atom stereocenters. The van der Waals surface area contributed by atoms with Crippen LogP contribution in [-0.2, 0) is 0 Å². The van der Waals surface area contributed by atoms with E-state index < -0.39 is 0 Å². The molecule has 0 unspecified atom stereocenters. The van der Waals surface area contributed by atoms with Crippen molar-refractivity contribution in [1.82, 2.24) is 19.9 Å². The number of nitrogens with zero attached hydrogens (tertiary/aromatic N) is 3. The smallest absolute Gasteiger partial charge is 0.271 e. The zero-order valence-electron chi connectivity index (χ0n) is 14.9. The van der Waals surface area contributed by atoms with Crippen LogP contribution in [0.5, 0.6) is 0 Å². The summed E-state index contributed by atoms with van der Waals surface area (Å²) in [5.74, 6) is 0.623. The summed E-state index contributed by atoms with van der Waals surface area (Å²) in [7, 11) is 0. The monoisotopic (exact) mass is 371 g/mol. The van der Waals surface area contributed by atoms with Crippen LogP contribution in [0, 0.1) is 5.92 Å². The summed E-state index contributed by atoms with van der Waals surface area (Å²) in [4.78, 5) is 17.7. The van der Waals surface area contributed by atoms with Gasteiger partial charge >= 0.3 is 0 Å². The molecule has 4 aliphatic heterocycles. The molecule has 0 saturated carbocycles. The molecule has 4 fully saturated rings. The Labute approximate surface area is 157 Å². The van der Waals surface area contributed by atoms with Crippen molar-refractivity contribution in [3.8, 4) is 0 Å². The zero-order valence-corrected chi connectivity index (χ0v) is 15.7. The molecule has 2 aromatic rings. The van der Waals surface area contributed by atoms with Crippen molar-refractivity contribution in [1.29, 1.82) is 0 Å². The van der Waals surface area contributed by atoms with E-state index in [9.17, 15) is 4.79 Å². The average Bonchev–Trinajstić information content (AvgIpc) is 3.13. The van der Waals surface area contributed by atoms with E-state index in [2.05, 4.69) is 43.0 Å². The van der Waals surface area contributed by atoms with Crippen LogP contribution in [0.1, 0.15) is 23.3 Å². The van der Waals surface area contributed by atoms with Gasteiger partial charge in [-0.1, -0.05) is 0 Å². The topological polar surface area (TPSA) is 60.5 Å². The number of amides is 1. The predicted octanol–water partition coefficient (Wildman–Crippen LogP) is 1.53. The first kappa shape index (κ1) is 16.5. The highest BCUT2D eigenvalue weighted by Gasteiger charge is 2.35. The van der Waals surface area contributed by atoms with Gasteiger partial charge in [0.25, 0.3) is 5.91 Å². The number of benzene rings is 1. The second kappa shape index (κ2) is 6.79. The van der Waals surface area contributed by atoms with Gasteiger partial charge in [-0.2, -0.15) is 4.37 Å². The summed E-state index contributed by atoms with van der Waals surface area (Å²) in [6.45, 7) is 7.46. The molecular formula is C19H25N5OS. The molecule has 6 rings (SSSR count). The third kappa shape index (κ3) is 2.98. The first-order chi connectivity index (χ1) is 12.8. The second-order valence-electron chi connectivity index (χ2n) is 7.67. The van der Waals surface area contributed by atoms with Crippen molar-refractivity contribution in [2.45, 2.75) is 18.9 Å². The SMILES string of the molecule is O=C(N[C@H]1CN2CCC1CC2)c1nsc2cc(N3CCNCC3)ccc12. The first-order valence-corrected chi connectivity index (χ1v) is 10.4. The standard InChI is InChI=1S/C19H25N5OS/c25-19(21-16-12-23-7-3-13(16)4-8-23)18-15-2-1-14(11-17(15)26-22-18)24-9-5-20-6-10-24/h1-2,11,13,16,20H,3-10,12H2,(H,21,25)/t16-/m0/s1. The summed E-state index contributed by atoms with van der Waals surface area (Å²) < 4.78 is 5.59. The highest BCUT2D eigenvalue weighted by Crippen LogP contribution is 2.30. The number of carbonyl (C=O) groups excluding carboxylic acids is 1. The van der Waals surface area contributed by atoms with Crippen molar-refractivity contribution in [3.05, 3.63) is 23.9 Å². The van der Waals surface area contributed by atoms with Gasteiger partial charge in [-0.3, -0.25) is 4.79 Å². The molecule has 4 saturated heterocycles. The maximum atomic E-state index is 12.8. The van der Waals surface area contributed by atoms with Gasteiger partial charge in [-0.15, -0.1) is 0 Å². The molecule has 26 heavy (non-hydrogen) atoms. The van der Waals surface area contributed by atoms with Crippen LogP contribution in [0.15, 0.2) is 18.2 Å². The van der Waals surface area contributed by atoms with E-state index >= 15 is 0 Å². The molecule has 7 heteroatoms. The van der Waals surface area contributed by atoms with Gasteiger partial charge < -0.3 is 20.4 Å². The molecule has 0 radical (unpaired) electrons. The number of carbonyl (C=O) groups is 1. The maximum absolute atomic E-state index is 12.8. The largest absolute Gasteiger partial charge is 0.369 e. The Balaban J connectivity index is 1.34. The van der Waals surface area contributed by atoms with Gasteiger partial charge in [0.2, 0.25) is 0 Å².